The first-order chi connectivity index (χ1) is 13.1. The summed E-state index contributed by atoms with van der Waals surface area (Å²) in [5, 5.41) is 4.15. The van der Waals surface area contributed by atoms with Crippen LogP contribution in [0.3, 0.4) is 0 Å². The molecule has 0 aliphatic carbocycles. The Bertz CT molecular complexity index is 942. The highest BCUT2D eigenvalue weighted by molar-refractivity contribution is 7.12. The second-order valence-electron chi connectivity index (χ2n) is 5.57. The van der Waals surface area contributed by atoms with Crippen molar-refractivity contribution < 1.29 is 23.0 Å². The number of ether oxygens (including phenoxy) is 2. The second-order valence-corrected chi connectivity index (χ2v) is 6.48. The van der Waals surface area contributed by atoms with Crippen molar-refractivity contribution in [2.24, 2.45) is 0 Å². The molecule has 0 fully saturated rings. The molecule has 0 radical (unpaired) electrons. The van der Waals surface area contributed by atoms with Gasteiger partial charge in [0.05, 0.1) is 17.2 Å². The molecule has 0 atom stereocenters. The fraction of sp³-hybridized carbons (Fsp3) is 0.150. The summed E-state index contributed by atoms with van der Waals surface area (Å²) >= 11 is 1.20. The average molecular weight is 389 g/mol. The van der Waals surface area contributed by atoms with Crippen molar-refractivity contribution in [3.63, 3.8) is 0 Å². The molecule has 0 unspecified atom stereocenters. The van der Waals surface area contributed by atoms with E-state index in [1.165, 1.54) is 11.3 Å². The maximum atomic E-state index is 13.7. The summed E-state index contributed by atoms with van der Waals surface area (Å²) in [6, 6.07) is 11.9. The van der Waals surface area contributed by atoms with Crippen LogP contribution in [-0.4, -0.2) is 12.5 Å². The SMILES string of the molecule is CCOc1ccccc1OCc1csc(C(=O)Nc2cc(F)ccc2F)c1. The number of carbonyl (C=O) groups is 1. The number of amides is 1. The van der Waals surface area contributed by atoms with Crippen molar-refractivity contribution >= 4 is 22.9 Å². The van der Waals surface area contributed by atoms with Crippen molar-refractivity contribution in [2.75, 3.05) is 11.9 Å². The van der Waals surface area contributed by atoms with E-state index in [9.17, 15) is 13.6 Å². The fourth-order valence-electron chi connectivity index (χ4n) is 2.35. The lowest BCUT2D eigenvalue weighted by atomic mass is 10.2. The van der Waals surface area contributed by atoms with Gasteiger partial charge in [0.1, 0.15) is 18.2 Å². The summed E-state index contributed by atoms with van der Waals surface area (Å²) in [4.78, 5) is 12.6. The van der Waals surface area contributed by atoms with Gasteiger partial charge in [-0.05, 0) is 42.6 Å². The van der Waals surface area contributed by atoms with Crippen molar-refractivity contribution in [1.29, 1.82) is 0 Å². The molecule has 0 bridgehead atoms. The number of hydrogen-bond donors (Lipinski definition) is 1. The van der Waals surface area contributed by atoms with Crippen LogP contribution >= 0.6 is 11.3 Å². The first-order valence-electron chi connectivity index (χ1n) is 8.25. The predicted octanol–water partition coefficient (Wildman–Crippen LogP) is 5.26. The van der Waals surface area contributed by atoms with E-state index in [1.54, 1.807) is 17.5 Å². The largest absolute Gasteiger partial charge is 0.490 e. The van der Waals surface area contributed by atoms with Crippen molar-refractivity contribution in [2.45, 2.75) is 13.5 Å². The van der Waals surface area contributed by atoms with Crippen LogP contribution < -0.4 is 14.8 Å². The Morgan fingerprint density at radius 1 is 1.07 bits per heavy atom. The van der Waals surface area contributed by atoms with Gasteiger partial charge >= 0.3 is 0 Å². The molecule has 4 nitrogen and oxygen atoms in total. The van der Waals surface area contributed by atoms with Gasteiger partial charge < -0.3 is 14.8 Å². The van der Waals surface area contributed by atoms with Crippen LogP contribution in [0.25, 0.3) is 0 Å². The van der Waals surface area contributed by atoms with Crippen molar-refractivity contribution in [3.8, 4) is 11.5 Å². The van der Waals surface area contributed by atoms with E-state index in [1.807, 2.05) is 25.1 Å². The Labute approximate surface area is 159 Å². The molecular weight excluding hydrogens is 372 g/mol. The molecule has 3 rings (SSSR count). The first kappa shape index (κ1) is 18.8. The maximum absolute atomic E-state index is 13.7. The third-order valence-electron chi connectivity index (χ3n) is 3.60. The van der Waals surface area contributed by atoms with E-state index in [0.717, 1.165) is 23.8 Å². The van der Waals surface area contributed by atoms with Gasteiger partial charge in [-0.3, -0.25) is 4.79 Å². The minimum absolute atomic E-state index is 0.197. The van der Waals surface area contributed by atoms with Gasteiger partial charge in [0, 0.05) is 11.6 Å². The van der Waals surface area contributed by atoms with Gasteiger partial charge in [0.15, 0.2) is 11.5 Å². The molecule has 0 saturated heterocycles. The maximum Gasteiger partial charge on any atom is 0.265 e. The topological polar surface area (TPSA) is 47.6 Å². The molecule has 0 saturated carbocycles. The Hall–Kier alpha value is -2.93. The highest BCUT2D eigenvalue weighted by atomic mass is 32.1. The molecule has 1 amide bonds. The van der Waals surface area contributed by atoms with Gasteiger partial charge in [0.25, 0.3) is 5.91 Å². The highest BCUT2D eigenvalue weighted by Crippen LogP contribution is 2.28. The van der Waals surface area contributed by atoms with E-state index in [-0.39, 0.29) is 12.3 Å². The molecule has 3 aromatic rings. The van der Waals surface area contributed by atoms with Crippen LogP contribution in [0.15, 0.2) is 53.9 Å². The standard InChI is InChI=1S/C20H17F2NO3S/c1-2-25-17-5-3-4-6-18(17)26-11-13-9-19(27-12-13)20(24)23-16-10-14(21)7-8-15(16)22/h3-10,12H,2,11H2,1H3,(H,23,24). The number of rotatable bonds is 7. The number of halogens is 2. The molecule has 1 N–H and O–H groups in total. The number of hydrogen-bond acceptors (Lipinski definition) is 4. The molecule has 0 aliphatic heterocycles. The summed E-state index contributed by atoms with van der Waals surface area (Å²) in [5.41, 5.74) is 0.591. The van der Waals surface area contributed by atoms with E-state index in [0.29, 0.717) is 23.0 Å². The van der Waals surface area contributed by atoms with Crippen molar-refractivity contribution in [3.05, 3.63) is 76.0 Å². The monoisotopic (exact) mass is 389 g/mol. The van der Waals surface area contributed by atoms with E-state index >= 15 is 0 Å². The Kier molecular flexibility index (Phi) is 6.03. The van der Waals surface area contributed by atoms with Gasteiger partial charge in [-0.1, -0.05) is 12.1 Å². The van der Waals surface area contributed by atoms with Gasteiger partial charge in [-0.15, -0.1) is 11.3 Å². The molecule has 27 heavy (non-hydrogen) atoms. The molecule has 140 valence electrons. The lowest BCUT2D eigenvalue weighted by Crippen LogP contribution is -2.11. The molecule has 0 spiro atoms. The molecule has 7 heteroatoms. The number of para-hydroxylation sites is 2. The summed E-state index contributed by atoms with van der Waals surface area (Å²) in [6.45, 7) is 2.67. The fourth-order valence-corrected chi connectivity index (χ4v) is 3.14. The molecule has 0 aliphatic rings. The second kappa shape index (κ2) is 8.64. The summed E-state index contributed by atoms with van der Waals surface area (Å²) in [5.74, 6) is -0.573. The van der Waals surface area contributed by atoms with E-state index < -0.39 is 17.5 Å². The number of anilines is 1. The minimum Gasteiger partial charge on any atom is -0.490 e. The first-order valence-corrected chi connectivity index (χ1v) is 9.13. The number of thiophene rings is 1. The third kappa shape index (κ3) is 4.83. The quantitative estimate of drug-likeness (QED) is 0.600. The third-order valence-corrected chi connectivity index (χ3v) is 4.58. The number of nitrogens with one attached hydrogen (secondary N) is 1. The van der Waals surface area contributed by atoms with Crippen LogP contribution in [0.5, 0.6) is 11.5 Å². The predicted molar refractivity (Wildman–Crippen MR) is 101 cm³/mol. The van der Waals surface area contributed by atoms with Crippen LogP contribution in [0.1, 0.15) is 22.2 Å². The minimum atomic E-state index is -0.697. The highest BCUT2D eigenvalue weighted by Gasteiger charge is 2.13. The summed E-state index contributed by atoms with van der Waals surface area (Å²) < 4.78 is 38.1. The zero-order valence-electron chi connectivity index (χ0n) is 14.5. The van der Waals surface area contributed by atoms with Crippen LogP contribution in [0.2, 0.25) is 0 Å². The Balaban J connectivity index is 1.64. The van der Waals surface area contributed by atoms with Crippen LogP contribution in [0, 0.1) is 11.6 Å². The van der Waals surface area contributed by atoms with Crippen molar-refractivity contribution in [1.82, 2.24) is 0 Å². The normalized spacial score (nSPS) is 10.5. The molecule has 2 aromatic carbocycles. The molecule has 1 aromatic heterocycles. The Morgan fingerprint density at radius 3 is 2.56 bits per heavy atom. The summed E-state index contributed by atoms with van der Waals surface area (Å²) in [6.07, 6.45) is 0. The Morgan fingerprint density at radius 2 is 1.81 bits per heavy atom. The number of benzene rings is 2. The van der Waals surface area contributed by atoms with Crippen LogP contribution in [-0.2, 0) is 6.61 Å². The van der Waals surface area contributed by atoms with E-state index in [2.05, 4.69) is 5.32 Å². The van der Waals surface area contributed by atoms with Gasteiger partial charge in [0.2, 0.25) is 0 Å². The molecular formula is C20H17F2NO3S. The lowest BCUT2D eigenvalue weighted by Gasteiger charge is -2.10. The average Bonchev–Trinajstić information content (AvgIpc) is 3.13. The van der Waals surface area contributed by atoms with Gasteiger partial charge in [-0.2, -0.15) is 0 Å². The van der Waals surface area contributed by atoms with Gasteiger partial charge in [-0.25, -0.2) is 8.78 Å². The van der Waals surface area contributed by atoms with Crippen LogP contribution in [0.4, 0.5) is 14.5 Å². The number of carbonyl (C=O) groups excluding carboxylic acids is 1. The summed E-state index contributed by atoms with van der Waals surface area (Å²) in [7, 11) is 0. The molecule has 1 heterocycles. The smallest absolute Gasteiger partial charge is 0.265 e. The lowest BCUT2D eigenvalue weighted by molar-refractivity contribution is 0.103. The zero-order valence-corrected chi connectivity index (χ0v) is 15.3. The zero-order chi connectivity index (χ0) is 19.2. The van der Waals surface area contributed by atoms with E-state index in [4.69, 9.17) is 9.47 Å².